The van der Waals surface area contributed by atoms with Gasteiger partial charge in [0.2, 0.25) is 11.7 Å². The summed E-state index contributed by atoms with van der Waals surface area (Å²) in [6.45, 7) is 1.42. The first-order chi connectivity index (χ1) is 19.8. The van der Waals surface area contributed by atoms with Crippen LogP contribution in [0.1, 0.15) is 31.8 Å². The molecule has 0 unspecified atom stereocenters. The van der Waals surface area contributed by atoms with E-state index in [1.165, 1.54) is 29.3 Å². The van der Waals surface area contributed by atoms with Crippen LogP contribution < -0.4 is 16.4 Å². The van der Waals surface area contributed by atoms with Gasteiger partial charge < -0.3 is 36.8 Å². The first kappa shape index (κ1) is 28.5. The Morgan fingerprint density at radius 2 is 1.86 bits per heavy atom. The molecule has 1 aromatic heterocycles. The average molecular weight is 576 g/mol. The standard InChI is InChI=1S/C29H29N5O8/c1-12-14-5-4-6-17(35)19(14)23(36)20-15(12)9-16-22(34(2)3)24(37)21(26(39)29(16,42)25(20)38)28(41)33-11-32-18-8-7-13(10-31-18)27(30)40/h4-8,10,16,22,35-36,39,42H,9,11H2,1-3H3,(H2,30,40)(H,31,32)(H,33,41)/t16-,22+,29-/m1/s1. The number of phenols is 2. The fourth-order valence-electron chi connectivity index (χ4n) is 5.97. The number of hydrogen-bond donors (Lipinski definition) is 7. The highest BCUT2D eigenvalue weighted by Crippen LogP contribution is 2.50. The number of anilines is 1. The van der Waals surface area contributed by atoms with E-state index in [2.05, 4.69) is 15.6 Å². The topological polar surface area (TPSA) is 215 Å². The Morgan fingerprint density at radius 3 is 2.48 bits per heavy atom. The largest absolute Gasteiger partial charge is 0.508 e. The maximum absolute atomic E-state index is 14.0. The lowest BCUT2D eigenvalue weighted by Crippen LogP contribution is -2.65. The molecule has 1 heterocycles. The molecule has 0 aliphatic heterocycles. The van der Waals surface area contributed by atoms with Crippen LogP contribution in [0.25, 0.3) is 10.8 Å². The molecule has 13 heteroatoms. The van der Waals surface area contributed by atoms with E-state index in [1.54, 1.807) is 33.2 Å². The van der Waals surface area contributed by atoms with Crippen LogP contribution in [0.3, 0.4) is 0 Å². The molecule has 0 spiro atoms. The summed E-state index contributed by atoms with van der Waals surface area (Å²) >= 11 is 0. The summed E-state index contributed by atoms with van der Waals surface area (Å²) in [5.41, 5.74) is 2.46. The zero-order chi connectivity index (χ0) is 30.7. The number of carbonyl (C=O) groups is 4. The minimum Gasteiger partial charge on any atom is -0.508 e. The van der Waals surface area contributed by atoms with Crippen LogP contribution in [0.5, 0.6) is 11.5 Å². The van der Waals surface area contributed by atoms with Crippen LogP contribution in [0.15, 0.2) is 47.9 Å². The molecule has 2 aliphatic carbocycles. The summed E-state index contributed by atoms with van der Waals surface area (Å²) in [4.78, 5) is 57.6. The first-order valence-electron chi connectivity index (χ1n) is 13.0. The zero-order valence-electron chi connectivity index (χ0n) is 22.9. The van der Waals surface area contributed by atoms with Gasteiger partial charge >= 0.3 is 0 Å². The second kappa shape index (κ2) is 10.1. The Morgan fingerprint density at radius 1 is 1.14 bits per heavy atom. The Hall–Kier alpha value is -5.01. The molecule has 0 radical (unpaired) electrons. The maximum atomic E-state index is 14.0. The molecule has 0 fully saturated rings. The number of aliphatic hydroxyl groups excluding tert-OH is 1. The minimum absolute atomic E-state index is 0.00479. The molecule has 0 saturated carbocycles. The monoisotopic (exact) mass is 575 g/mol. The number of amides is 2. The lowest BCUT2D eigenvalue weighted by Gasteiger charge is -2.47. The van der Waals surface area contributed by atoms with Gasteiger partial charge in [0.1, 0.15) is 28.6 Å². The van der Waals surface area contributed by atoms with Crippen molar-refractivity contribution in [3.63, 3.8) is 0 Å². The van der Waals surface area contributed by atoms with E-state index in [1.807, 2.05) is 0 Å². The number of nitrogens with zero attached hydrogens (tertiary/aromatic N) is 2. The third kappa shape index (κ3) is 4.13. The molecule has 218 valence electrons. The molecule has 0 bridgehead atoms. The number of pyridine rings is 1. The van der Waals surface area contributed by atoms with Gasteiger partial charge in [0.05, 0.1) is 29.2 Å². The normalized spacial score (nSPS) is 21.7. The van der Waals surface area contributed by atoms with E-state index in [9.17, 15) is 39.6 Å². The number of hydrogen-bond acceptors (Lipinski definition) is 11. The molecule has 2 amide bonds. The fraction of sp³-hybridized carbons (Fsp3) is 0.276. The van der Waals surface area contributed by atoms with Crippen molar-refractivity contribution in [1.82, 2.24) is 15.2 Å². The molecule has 3 atom stereocenters. The van der Waals surface area contributed by atoms with Gasteiger partial charge in [-0.1, -0.05) is 12.1 Å². The molecule has 8 N–H and O–H groups in total. The summed E-state index contributed by atoms with van der Waals surface area (Å²) in [5.74, 6) is -6.54. The van der Waals surface area contributed by atoms with E-state index in [4.69, 9.17) is 5.73 Å². The molecule has 5 rings (SSSR count). The number of fused-ring (bicyclic) bond motifs is 3. The van der Waals surface area contributed by atoms with Gasteiger partial charge in [0, 0.05) is 12.1 Å². The number of aromatic hydroxyl groups is 2. The number of ketones is 2. The Bertz CT molecular complexity index is 1720. The number of nitrogens with two attached hydrogens (primary N) is 1. The molecule has 2 aromatic carbocycles. The number of carbonyl (C=O) groups excluding carboxylic acids is 4. The van der Waals surface area contributed by atoms with Gasteiger partial charge in [0.25, 0.3) is 5.91 Å². The third-order valence-corrected chi connectivity index (χ3v) is 8.05. The summed E-state index contributed by atoms with van der Waals surface area (Å²) in [7, 11) is 3.10. The predicted octanol–water partition coefficient (Wildman–Crippen LogP) is 0.650. The molecule has 13 nitrogen and oxygen atoms in total. The van der Waals surface area contributed by atoms with E-state index in [0.717, 1.165) is 0 Å². The van der Waals surface area contributed by atoms with Crippen molar-refractivity contribution in [2.75, 3.05) is 26.1 Å². The lowest BCUT2D eigenvalue weighted by molar-refractivity contribution is -0.132. The van der Waals surface area contributed by atoms with E-state index in [-0.39, 0.29) is 41.2 Å². The molecular weight excluding hydrogens is 546 g/mol. The van der Waals surface area contributed by atoms with Crippen molar-refractivity contribution in [1.29, 1.82) is 0 Å². The number of aliphatic hydroxyl groups is 2. The Labute approximate surface area is 239 Å². The second-order valence-electron chi connectivity index (χ2n) is 10.6. The Kier molecular flexibility index (Phi) is 6.87. The number of phenolic OH excluding ortho intramolecular Hbond substituents is 2. The smallest absolute Gasteiger partial charge is 0.259 e. The van der Waals surface area contributed by atoms with Gasteiger partial charge in [-0.2, -0.15) is 0 Å². The number of primary amides is 1. The van der Waals surface area contributed by atoms with Crippen LogP contribution in [0.4, 0.5) is 5.82 Å². The van der Waals surface area contributed by atoms with E-state index < -0.39 is 58.0 Å². The number of likely N-dealkylation sites (N-methyl/N-ethyl adjacent to an activating group) is 1. The molecule has 0 saturated heterocycles. The van der Waals surface area contributed by atoms with Gasteiger partial charge in [0.15, 0.2) is 11.4 Å². The summed E-state index contributed by atoms with van der Waals surface area (Å²) in [6, 6.07) is 6.27. The number of aryl methyl sites for hydroxylation is 1. The quantitative estimate of drug-likeness (QED) is 0.160. The summed E-state index contributed by atoms with van der Waals surface area (Å²) in [5, 5.41) is 50.5. The molecular formula is C29H29N5O8. The molecule has 3 aromatic rings. The van der Waals surface area contributed by atoms with Crippen LogP contribution in [-0.4, -0.2) is 86.1 Å². The average Bonchev–Trinajstić information content (AvgIpc) is 2.93. The van der Waals surface area contributed by atoms with Crippen molar-refractivity contribution in [3.05, 3.63) is 70.1 Å². The first-order valence-corrected chi connectivity index (χ1v) is 13.0. The zero-order valence-corrected chi connectivity index (χ0v) is 22.9. The Balaban J connectivity index is 1.55. The molecule has 42 heavy (non-hydrogen) atoms. The van der Waals surface area contributed by atoms with E-state index >= 15 is 0 Å². The van der Waals surface area contributed by atoms with Gasteiger partial charge in [-0.15, -0.1) is 0 Å². The van der Waals surface area contributed by atoms with Gasteiger partial charge in [-0.05, 0) is 62.2 Å². The lowest BCUT2D eigenvalue weighted by atomic mass is 9.61. The molecule has 2 aliphatic rings. The SMILES string of the molecule is Cc1c2c(c(O)c3c(O)cccc13)C(=O)[C@@]1(O)C(O)=C(C(=O)NCNc3ccc(C(N)=O)cn3)C(=O)[C@@H](N(C)C)[C@H]1C2. The van der Waals surface area contributed by atoms with Crippen molar-refractivity contribution >= 4 is 40.0 Å². The van der Waals surface area contributed by atoms with Crippen molar-refractivity contribution < 1.29 is 39.6 Å². The number of aromatic nitrogens is 1. The van der Waals surface area contributed by atoms with Gasteiger partial charge in [-0.3, -0.25) is 24.1 Å². The number of Topliss-reactive ketones (excluding diaryl/α,β-unsaturated/α-hetero) is 2. The van der Waals surface area contributed by atoms with Crippen LogP contribution in [-0.2, 0) is 16.0 Å². The van der Waals surface area contributed by atoms with Crippen LogP contribution in [0.2, 0.25) is 0 Å². The van der Waals surface area contributed by atoms with Gasteiger partial charge in [-0.25, -0.2) is 4.98 Å². The number of rotatable bonds is 6. The highest BCUT2D eigenvalue weighted by atomic mass is 16.3. The highest BCUT2D eigenvalue weighted by molar-refractivity contribution is 6.25. The van der Waals surface area contributed by atoms with Crippen molar-refractivity contribution in [2.45, 2.75) is 25.0 Å². The summed E-state index contributed by atoms with van der Waals surface area (Å²) < 4.78 is 0. The van der Waals surface area contributed by atoms with Crippen LogP contribution in [0, 0.1) is 12.8 Å². The van der Waals surface area contributed by atoms with E-state index in [0.29, 0.717) is 16.5 Å². The minimum atomic E-state index is -2.73. The highest BCUT2D eigenvalue weighted by Gasteiger charge is 2.62. The van der Waals surface area contributed by atoms with Crippen molar-refractivity contribution in [3.8, 4) is 11.5 Å². The number of nitrogens with one attached hydrogen (secondary N) is 2. The maximum Gasteiger partial charge on any atom is 0.259 e. The summed E-state index contributed by atoms with van der Waals surface area (Å²) in [6.07, 6.45) is 1.14. The second-order valence-corrected chi connectivity index (χ2v) is 10.6. The fourth-order valence-corrected chi connectivity index (χ4v) is 5.97. The number of benzene rings is 2. The third-order valence-electron chi connectivity index (χ3n) is 8.05. The van der Waals surface area contributed by atoms with Crippen molar-refractivity contribution in [2.24, 2.45) is 11.7 Å². The van der Waals surface area contributed by atoms with Crippen LogP contribution >= 0.6 is 0 Å². The predicted molar refractivity (Wildman–Crippen MR) is 150 cm³/mol.